The van der Waals surface area contributed by atoms with Crippen LogP contribution in [0.2, 0.25) is 0 Å². The molecule has 3 rings (SSSR count). The Kier molecular flexibility index (Phi) is 8.85. The van der Waals surface area contributed by atoms with Crippen LogP contribution in [0, 0.1) is 12.7 Å². The molecule has 7 heteroatoms. The minimum absolute atomic E-state index is 0.313. The second kappa shape index (κ2) is 11.3. The van der Waals surface area contributed by atoms with Gasteiger partial charge in [-0.1, -0.05) is 42.8 Å². The van der Waals surface area contributed by atoms with Gasteiger partial charge in [-0.15, -0.1) is 0 Å². The Morgan fingerprint density at radius 2 is 1.97 bits per heavy atom. The number of hydrogen-bond donors (Lipinski definition) is 1. The highest BCUT2D eigenvalue weighted by Crippen LogP contribution is 2.26. The molecule has 0 aliphatic carbocycles. The lowest BCUT2D eigenvalue weighted by molar-refractivity contribution is -0.139. The summed E-state index contributed by atoms with van der Waals surface area (Å²) in [6, 6.07) is 14.4. The van der Waals surface area contributed by atoms with Gasteiger partial charge in [0.1, 0.15) is 17.2 Å². The fourth-order valence-corrected chi connectivity index (χ4v) is 3.10. The third-order valence-electron chi connectivity index (χ3n) is 5.06. The minimum atomic E-state index is -1.09. The van der Waals surface area contributed by atoms with Crippen LogP contribution in [-0.4, -0.2) is 47.4 Å². The molecule has 1 atom stereocenters. The van der Waals surface area contributed by atoms with E-state index in [1.54, 1.807) is 4.90 Å². The Morgan fingerprint density at radius 1 is 1.26 bits per heavy atom. The zero-order valence-corrected chi connectivity index (χ0v) is 18.3. The molecule has 2 aromatic rings. The number of hydrogen-bond acceptors (Lipinski definition) is 4. The van der Waals surface area contributed by atoms with E-state index in [1.807, 2.05) is 32.0 Å². The van der Waals surface area contributed by atoms with E-state index in [0.29, 0.717) is 37.2 Å². The normalized spacial score (nSPS) is 17.5. The van der Waals surface area contributed by atoms with Crippen molar-refractivity contribution in [2.75, 3.05) is 19.7 Å². The number of halogens is 1. The molecule has 0 bridgehead atoms. The molecule has 168 valence electrons. The average molecular weight is 432 g/mol. The summed E-state index contributed by atoms with van der Waals surface area (Å²) >= 11 is 0. The monoisotopic (exact) mass is 431 g/mol. The molecule has 1 aliphatic rings. The van der Waals surface area contributed by atoms with E-state index in [2.05, 4.69) is 19.1 Å². The van der Waals surface area contributed by atoms with Gasteiger partial charge < -0.3 is 19.5 Å². The molecule has 31 heavy (non-hydrogen) atoms. The number of ether oxygens (including phenoxy) is 2. The van der Waals surface area contributed by atoms with Crippen LogP contribution in [0.1, 0.15) is 37.8 Å². The molecule has 2 aromatic carbocycles. The molecular formula is C24H30FNO5. The lowest BCUT2D eigenvalue weighted by Crippen LogP contribution is -2.31. The second-order valence-corrected chi connectivity index (χ2v) is 7.79. The van der Waals surface area contributed by atoms with Crippen molar-refractivity contribution in [1.82, 2.24) is 4.90 Å². The number of amides is 1. The molecule has 1 unspecified atom stereocenters. The first-order valence-corrected chi connectivity index (χ1v) is 10.3. The first-order valence-electron chi connectivity index (χ1n) is 10.3. The molecule has 0 aromatic heterocycles. The largest absolute Gasteiger partial charge is 0.482 e. The van der Waals surface area contributed by atoms with Crippen molar-refractivity contribution >= 4 is 12.1 Å². The van der Waals surface area contributed by atoms with E-state index in [0.717, 1.165) is 6.42 Å². The van der Waals surface area contributed by atoms with E-state index in [1.165, 1.54) is 23.8 Å². The van der Waals surface area contributed by atoms with Crippen LogP contribution in [0.3, 0.4) is 0 Å². The van der Waals surface area contributed by atoms with Gasteiger partial charge in [-0.2, -0.15) is 0 Å². The minimum Gasteiger partial charge on any atom is -0.482 e. The number of benzene rings is 2. The molecule has 1 aliphatic heterocycles. The highest BCUT2D eigenvalue weighted by Gasteiger charge is 2.39. The molecular weight excluding hydrogens is 401 g/mol. The van der Waals surface area contributed by atoms with E-state index >= 15 is 0 Å². The maximum absolute atomic E-state index is 13.8. The molecule has 1 N–H and O–H groups in total. The number of rotatable bonds is 8. The summed E-state index contributed by atoms with van der Waals surface area (Å²) in [5.41, 5.74) is 1.30. The van der Waals surface area contributed by atoms with E-state index in [-0.39, 0.29) is 11.9 Å². The molecule has 1 amide bonds. The van der Waals surface area contributed by atoms with E-state index in [9.17, 15) is 14.0 Å². The first-order chi connectivity index (χ1) is 14.7. The summed E-state index contributed by atoms with van der Waals surface area (Å²) < 4.78 is 24.2. The third-order valence-corrected chi connectivity index (χ3v) is 5.06. The quantitative estimate of drug-likeness (QED) is 0.647. The number of carbonyl (C=O) groups excluding carboxylic acids is 1. The number of aliphatic carboxylic acids is 1. The van der Waals surface area contributed by atoms with Crippen LogP contribution in [-0.2, 0) is 16.0 Å². The van der Waals surface area contributed by atoms with E-state index < -0.39 is 18.2 Å². The van der Waals surface area contributed by atoms with Crippen LogP contribution in [0.4, 0.5) is 9.18 Å². The van der Waals surface area contributed by atoms with Gasteiger partial charge in [0.25, 0.3) is 0 Å². The number of aryl methyl sites for hydroxylation is 2. The van der Waals surface area contributed by atoms with Crippen LogP contribution in [0.15, 0.2) is 48.5 Å². The van der Waals surface area contributed by atoms with Crippen molar-refractivity contribution in [1.29, 1.82) is 0 Å². The zero-order valence-electron chi connectivity index (χ0n) is 18.3. The third kappa shape index (κ3) is 7.92. The van der Waals surface area contributed by atoms with Gasteiger partial charge in [0.2, 0.25) is 0 Å². The smallest absolute Gasteiger partial charge is 0.410 e. The van der Waals surface area contributed by atoms with Gasteiger partial charge in [-0.3, -0.25) is 0 Å². The zero-order chi connectivity index (χ0) is 22.9. The van der Waals surface area contributed by atoms with Gasteiger partial charge >= 0.3 is 12.1 Å². The van der Waals surface area contributed by atoms with Crippen molar-refractivity contribution in [3.63, 3.8) is 0 Å². The van der Waals surface area contributed by atoms with Crippen LogP contribution in [0.5, 0.6) is 5.75 Å². The summed E-state index contributed by atoms with van der Waals surface area (Å²) in [6.07, 6.45) is 1.40. The average Bonchev–Trinajstić information content (AvgIpc) is 3.03. The van der Waals surface area contributed by atoms with Crippen molar-refractivity contribution in [3.05, 3.63) is 65.5 Å². The van der Waals surface area contributed by atoms with Gasteiger partial charge in [0.15, 0.2) is 6.61 Å². The summed E-state index contributed by atoms with van der Waals surface area (Å²) in [6.45, 7) is 6.49. The van der Waals surface area contributed by atoms with Gasteiger partial charge in [-0.25, -0.2) is 14.0 Å². The van der Waals surface area contributed by atoms with Crippen molar-refractivity contribution in [3.8, 4) is 5.75 Å². The SMILES string of the molecule is CCC1(C)CN(CCCc2cc(OCC(=O)O)ccc2F)C(=O)O1.Cc1ccccc1. The lowest BCUT2D eigenvalue weighted by atomic mass is 10.0. The summed E-state index contributed by atoms with van der Waals surface area (Å²) in [5, 5.41) is 8.60. The Labute approximate surface area is 182 Å². The first kappa shape index (κ1) is 24.2. The fourth-order valence-electron chi connectivity index (χ4n) is 3.10. The van der Waals surface area contributed by atoms with Crippen molar-refractivity contribution < 1.29 is 28.6 Å². The highest BCUT2D eigenvalue weighted by atomic mass is 19.1. The molecule has 0 radical (unpaired) electrons. The van der Waals surface area contributed by atoms with Crippen molar-refractivity contribution in [2.24, 2.45) is 0 Å². The van der Waals surface area contributed by atoms with Crippen LogP contribution in [0.25, 0.3) is 0 Å². The number of carboxylic acids is 1. The Hall–Kier alpha value is -3.09. The second-order valence-electron chi connectivity index (χ2n) is 7.79. The summed E-state index contributed by atoms with van der Waals surface area (Å²) in [4.78, 5) is 23.9. The van der Waals surface area contributed by atoms with Crippen LogP contribution >= 0.6 is 0 Å². The van der Waals surface area contributed by atoms with Crippen LogP contribution < -0.4 is 4.74 Å². The predicted molar refractivity (Wildman–Crippen MR) is 116 cm³/mol. The standard InChI is InChI=1S/C17H22FNO5.C7H8/c1-3-17(2)11-19(16(22)24-17)8-4-5-12-9-13(6-7-14(12)18)23-10-15(20)21;1-7-5-3-2-4-6-7/h6-7,9H,3-5,8,10-11H2,1-2H3,(H,20,21);2-6H,1H3. The number of carbonyl (C=O) groups is 2. The Balaban J connectivity index is 0.000000412. The van der Waals surface area contributed by atoms with Crippen molar-refractivity contribution in [2.45, 2.75) is 45.6 Å². The Morgan fingerprint density at radius 3 is 2.52 bits per heavy atom. The fraction of sp³-hybridized carbons (Fsp3) is 0.417. The molecule has 1 saturated heterocycles. The summed E-state index contributed by atoms with van der Waals surface area (Å²) in [5.74, 6) is -1.15. The molecule has 1 heterocycles. The lowest BCUT2D eigenvalue weighted by Gasteiger charge is -2.19. The molecule has 0 saturated carbocycles. The molecule has 1 fully saturated rings. The molecule has 0 spiro atoms. The number of nitrogens with zero attached hydrogens (tertiary/aromatic N) is 1. The number of cyclic esters (lactones) is 1. The maximum atomic E-state index is 13.8. The van der Waals surface area contributed by atoms with Gasteiger partial charge in [-0.05, 0) is 56.9 Å². The predicted octanol–water partition coefficient (Wildman–Crippen LogP) is 4.84. The van der Waals surface area contributed by atoms with E-state index in [4.69, 9.17) is 14.6 Å². The van der Waals surface area contributed by atoms with Gasteiger partial charge in [0.05, 0.1) is 6.54 Å². The topological polar surface area (TPSA) is 76.1 Å². The maximum Gasteiger partial charge on any atom is 0.410 e. The molecule has 6 nitrogen and oxygen atoms in total. The Bertz CT molecular complexity index is 874. The highest BCUT2D eigenvalue weighted by molar-refractivity contribution is 5.70. The number of carboxylic acid groups (broad SMARTS) is 1. The van der Waals surface area contributed by atoms with Gasteiger partial charge in [0, 0.05) is 6.54 Å². The summed E-state index contributed by atoms with van der Waals surface area (Å²) in [7, 11) is 0.